The number of nitriles is 1. The van der Waals surface area contributed by atoms with Crippen LogP contribution in [0.2, 0.25) is 5.02 Å². The Morgan fingerprint density at radius 1 is 1.14 bits per heavy atom. The summed E-state index contributed by atoms with van der Waals surface area (Å²) in [6, 6.07) is 9.95. The van der Waals surface area contributed by atoms with Crippen LogP contribution in [0, 0.1) is 23.0 Å². The molecule has 0 atom stereocenters. The Morgan fingerprint density at radius 2 is 1.77 bits per heavy atom. The summed E-state index contributed by atoms with van der Waals surface area (Å²) in [6.45, 7) is 0. The normalized spacial score (nSPS) is 12.0. The quantitative estimate of drug-likeness (QED) is 0.795. The zero-order valence-electron chi connectivity index (χ0n) is 10.9. The number of halogens is 3. The van der Waals surface area contributed by atoms with E-state index in [4.69, 9.17) is 16.9 Å². The lowest BCUT2D eigenvalue weighted by Gasteiger charge is -2.04. The molecule has 0 fully saturated rings. The summed E-state index contributed by atoms with van der Waals surface area (Å²) in [5, 5.41) is 9.39. The van der Waals surface area contributed by atoms with Crippen molar-refractivity contribution in [3.8, 4) is 6.07 Å². The summed E-state index contributed by atoms with van der Waals surface area (Å²) in [6.07, 6.45) is 0.794. The van der Waals surface area contributed by atoms with E-state index in [1.807, 2.05) is 0 Å². The molecule has 3 nitrogen and oxygen atoms in total. The standard InChI is InChI=1S/C15H8ClF2NO2S/c16-11-4-6-12(7-5-11)22(20,21)13(9-19)8-10-2-1-3-14(17)15(10)18/h1-8H/b13-8-. The van der Waals surface area contributed by atoms with E-state index >= 15 is 0 Å². The van der Waals surface area contributed by atoms with E-state index in [2.05, 4.69) is 0 Å². The molecule has 112 valence electrons. The van der Waals surface area contributed by atoms with Gasteiger partial charge in [-0.25, -0.2) is 17.2 Å². The Labute approximate surface area is 131 Å². The van der Waals surface area contributed by atoms with Gasteiger partial charge in [-0.15, -0.1) is 0 Å². The highest BCUT2D eigenvalue weighted by atomic mass is 35.5. The third kappa shape index (κ3) is 3.16. The van der Waals surface area contributed by atoms with Crippen LogP contribution in [0.25, 0.3) is 6.08 Å². The topological polar surface area (TPSA) is 57.9 Å². The summed E-state index contributed by atoms with van der Waals surface area (Å²) in [4.78, 5) is -0.860. The summed E-state index contributed by atoms with van der Waals surface area (Å²) in [5.41, 5.74) is -0.325. The number of sulfone groups is 1. The van der Waals surface area contributed by atoms with E-state index in [0.717, 1.165) is 12.1 Å². The zero-order valence-corrected chi connectivity index (χ0v) is 12.5. The van der Waals surface area contributed by atoms with Gasteiger partial charge < -0.3 is 0 Å². The second-order valence-electron chi connectivity index (χ2n) is 4.22. The number of nitrogens with zero attached hydrogens (tertiary/aromatic N) is 1. The molecule has 0 radical (unpaired) electrons. The first-order chi connectivity index (χ1) is 10.4. The maximum absolute atomic E-state index is 13.6. The average Bonchev–Trinajstić information content (AvgIpc) is 2.49. The molecule has 2 aromatic rings. The fraction of sp³-hybridized carbons (Fsp3) is 0. The number of hydrogen-bond donors (Lipinski definition) is 0. The first-order valence-electron chi connectivity index (χ1n) is 5.92. The molecule has 22 heavy (non-hydrogen) atoms. The molecule has 0 amide bonds. The largest absolute Gasteiger partial charge is 0.218 e. The van der Waals surface area contributed by atoms with Crippen molar-refractivity contribution in [2.24, 2.45) is 0 Å². The van der Waals surface area contributed by atoms with Crippen LogP contribution < -0.4 is 0 Å². The van der Waals surface area contributed by atoms with Gasteiger partial charge in [0.05, 0.1) is 4.90 Å². The predicted molar refractivity (Wildman–Crippen MR) is 78.6 cm³/mol. The summed E-state index contributed by atoms with van der Waals surface area (Å²) in [7, 11) is -4.14. The first-order valence-corrected chi connectivity index (χ1v) is 7.79. The van der Waals surface area contributed by atoms with Gasteiger partial charge in [0.1, 0.15) is 11.0 Å². The van der Waals surface area contributed by atoms with Crippen molar-refractivity contribution in [1.82, 2.24) is 0 Å². The Balaban J connectivity index is 2.56. The number of hydrogen-bond acceptors (Lipinski definition) is 3. The highest BCUT2D eigenvalue weighted by molar-refractivity contribution is 7.95. The molecule has 2 rings (SSSR count). The van der Waals surface area contributed by atoms with Crippen molar-refractivity contribution in [3.63, 3.8) is 0 Å². The maximum atomic E-state index is 13.6. The van der Waals surface area contributed by atoms with Crippen LogP contribution >= 0.6 is 11.6 Å². The maximum Gasteiger partial charge on any atom is 0.216 e. The monoisotopic (exact) mass is 339 g/mol. The van der Waals surface area contributed by atoms with E-state index in [9.17, 15) is 17.2 Å². The second kappa shape index (κ2) is 6.26. The molecule has 0 spiro atoms. The Morgan fingerprint density at radius 3 is 2.36 bits per heavy atom. The lowest BCUT2D eigenvalue weighted by Crippen LogP contribution is -2.04. The van der Waals surface area contributed by atoms with Crippen LogP contribution in [-0.4, -0.2) is 8.42 Å². The number of allylic oxidation sites excluding steroid dienone is 1. The van der Waals surface area contributed by atoms with Crippen molar-refractivity contribution >= 4 is 27.5 Å². The van der Waals surface area contributed by atoms with Gasteiger partial charge in [-0.05, 0) is 36.4 Å². The minimum absolute atomic E-state index is 0.165. The zero-order chi connectivity index (χ0) is 16.3. The van der Waals surface area contributed by atoms with Gasteiger partial charge >= 0.3 is 0 Å². The number of benzene rings is 2. The molecule has 0 aromatic heterocycles. The fourth-order valence-corrected chi connectivity index (χ4v) is 2.96. The first kappa shape index (κ1) is 16.1. The van der Waals surface area contributed by atoms with Gasteiger partial charge in [-0.3, -0.25) is 0 Å². The lowest BCUT2D eigenvalue weighted by molar-refractivity contribution is 0.507. The summed E-state index contributed by atoms with van der Waals surface area (Å²) >= 11 is 5.68. The van der Waals surface area contributed by atoms with Gasteiger partial charge in [-0.1, -0.05) is 23.7 Å². The molecule has 0 saturated carbocycles. The molecule has 7 heteroatoms. The van der Waals surface area contributed by atoms with E-state index in [1.165, 1.54) is 42.5 Å². The third-order valence-electron chi connectivity index (χ3n) is 2.79. The number of rotatable bonds is 3. The molecule has 0 aliphatic carbocycles. The molecule has 0 heterocycles. The molecular formula is C15H8ClF2NO2S. The van der Waals surface area contributed by atoms with Crippen LogP contribution in [0.5, 0.6) is 0 Å². The summed E-state index contributed by atoms with van der Waals surface area (Å²) < 4.78 is 51.4. The molecule has 0 bridgehead atoms. The van der Waals surface area contributed by atoms with Crippen molar-refractivity contribution in [1.29, 1.82) is 5.26 Å². The predicted octanol–water partition coefficient (Wildman–Crippen LogP) is 3.96. The molecule has 2 aromatic carbocycles. The molecule has 0 aliphatic heterocycles. The van der Waals surface area contributed by atoms with Crippen molar-refractivity contribution in [3.05, 3.63) is 69.6 Å². The molecule has 0 N–H and O–H groups in total. The SMILES string of the molecule is N#C/C(=C/c1cccc(F)c1F)S(=O)(=O)c1ccc(Cl)cc1. The fourth-order valence-electron chi connectivity index (χ4n) is 1.68. The van der Waals surface area contributed by atoms with Crippen LogP contribution in [0.4, 0.5) is 8.78 Å². The Hall–Kier alpha value is -2.23. The average molecular weight is 340 g/mol. The second-order valence-corrected chi connectivity index (χ2v) is 6.58. The van der Waals surface area contributed by atoms with Crippen LogP contribution in [-0.2, 0) is 9.84 Å². The molecule has 0 unspecified atom stereocenters. The van der Waals surface area contributed by atoms with E-state index in [1.54, 1.807) is 0 Å². The van der Waals surface area contributed by atoms with Gasteiger partial charge in [0, 0.05) is 10.6 Å². The van der Waals surface area contributed by atoms with Gasteiger partial charge in [0.2, 0.25) is 9.84 Å². The van der Waals surface area contributed by atoms with Gasteiger partial charge in [0.25, 0.3) is 0 Å². The van der Waals surface area contributed by atoms with Crippen LogP contribution in [0.3, 0.4) is 0 Å². The molecule has 0 saturated heterocycles. The Bertz CT molecular complexity index is 885. The Kier molecular flexibility index (Phi) is 4.59. The van der Waals surface area contributed by atoms with Gasteiger partial charge in [0.15, 0.2) is 11.6 Å². The lowest BCUT2D eigenvalue weighted by atomic mass is 10.2. The van der Waals surface area contributed by atoms with Crippen molar-refractivity contribution in [2.75, 3.05) is 0 Å². The minimum atomic E-state index is -4.14. The van der Waals surface area contributed by atoms with Crippen molar-refractivity contribution in [2.45, 2.75) is 4.90 Å². The minimum Gasteiger partial charge on any atom is -0.218 e. The van der Waals surface area contributed by atoms with Crippen LogP contribution in [0.1, 0.15) is 5.56 Å². The van der Waals surface area contributed by atoms with Crippen LogP contribution in [0.15, 0.2) is 52.3 Å². The van der Waals surface area contributed by atoms with E-state index in [0.29, 0.717) is 5.02 Å². The summed E-state index contributed by atoms with van der Waals surface area (Å²) in [5.74, 6) is -2.35. The third-order valence-corrected chi connectivity index (χ3v) is 4.72. The smallest absolute Gasteiger partial charge is 0.216 e. The molecule has 0 aliphatic rings. The van der Waals surface area contributed by atoms with E-state index < -0.39 is 26.4 Å². The molecular weight excluding hydrogens is 332 g/mol. The highest BCUT2D eigenvalue weighted by Gasteiger charge is 2.21. The highest BCUT2D eigenvalue weighted by Crippen LogP contribution is 2.24. The van der Waals surface area contributed by atoms with Gasteiger partial charge in [-0.2, -0.15) is 5.26 Å². The van der Waals surface area contributed by atoms with Crippen molar-refractivity contribution < 1.29 is 17.2 Å². The van der Waals surface area contributed by atoms with E-state index in [-0.39, 0.29) is 10.5 Å².